The van der Waals surface area contributed by atoms with Gasteiger partial charge in [0.25, 0.3) is 0 Å². The smallest absolute Gasteiger partial charge is 0.333 e. The van der Waals surface area contributed by atoms with Crippen molar-refractivity contribution in [3.63, 3.8) is 0 Å². The van der Waals surface area contributed by atoms with Crippen LogP contribution < -0.4 is 0 Å². The molecule has 0 unspecified atom stereocenters. The van der Waals surface area contributed by atoms with E-state index >= 15 is 0 Å². The normalized spacial score (nSPS) is 10.5. The van der Waals surface area contributed by atoms with Crippen LogP contribution in [0.5, 0.6) is 0 Å². The zero-order valence-electron chi connectivity index (χ0n) is 11.8. The Morgan fingerprint density at radius 3 is 1.58 bits per heavy atom. The summed E-state index contributed by atoms with van der Waals surface area (Å²) in [7, 11) is 0. The lowest BCUT2D eigenvalue weighted by molar-refractivity contribution is -0.157. The van der Waals surface area contributed by atoms with Gasteiger partial charge in [0.1, 0.15) is 19.8 Å². The number of carbonyl (C=O) groups is 3. The molecule has 0 aliphatic rings. The van der Waals surface area contributed by atoms with E-state index in [9.17, 15) is 14.4 Å². The van der Waals surface area contributed by atoms with Crippen molar-refractivity contribution in [2.24, 2.45) is 5.41 Å². The van der Waals surface area contributed by atoms with Gasteiger partial charge >= 0.3 is 17.9 Å². The Morgan fingerprint density at radius 1 is 0.895 bits per heavy atom. The van der Waals surface area contributed by atoms with Crippen molar-refractivity contribution >= 4 is 17.9 Å². The average Bonchev–Trinajstić information content (AvgIpc) is 2.31. The highest BCUT2D eigenvalue weighted by Gasteiger charge is 2.30. The topological polar surface area (TPSA) is 78.9 Å². The Hall–Kier alpha value is -1.85. The molecule has 19 heavy (non-hydrogen) atoms. The van der Waals surface area contributed by atoms with Crippen LogP contribution in [0, 0.1) is 5.41 Å². The maximum Gasteiger partial charge on any atom is 0.333 e. The van der Waals surface area contributed by atoms with E-state index < -0.39 is 23.3 Å². The van der Waals surface area contributed by atoms with E-state index in [-0.39, 0.29) is 25.4 Å². The number of hydrogen-bond acceptors (Lipinski definition) is 6. The summed E-state index contributed by atoms with van der Waals surface area (Å²) in [6.45, 7) is 9.14. The monoisotopic (exact) mass is 272 g/mol. The molecule has 108 valence electrons. The van der Waals surface area contributed by atoms with Gasteiger partial charge in [-0.15, -0.1) is 0 Å². The van der Waals surface area contributed by atoms with E-state index in [1.54, 1.807) is 6.92 Å². The molecule has 0 heterocycles. The highest BCUT2D eigenvalue weighted by Crippen LogP contribution is 2.19. The van der Waals surface area contributed by atoms with Gasteiger partial charge in [-0.3, -0.25) is 9.59 Å². The van der Waals surface area contributed by atoms with Gasteiger partial charge in [-0.05, 0) is 13.8 Å². The minimum Gasteiger partial charge on any atom is -0.465 e. The van der Waals surface area contributed by atoms with Crippen molar-refractivity contribution in [3.8, 4) is 0 Å². The number of rotatable bonds is 7. The van der Waals surface area contributed by atoms with Crippen molar-refractivity contribution in [1.29, 1.82) is 0 Å². The number of hydrogen-bond donors (Lipinski definition) is 0. The SMILES string of the molecule is C=C(C)C(=O)OCC(C)(COC(C)=O)COC(C)=O. The molecule has 0 saturated carbocycles. The predicted molar refractivity (Wildman–Crippen MR) is 67.1 cm³/mol. The van der Waals surface area contributed by atoms with Crippen LogP contribution in [-0.4, -0.2) is 37.7 Å². The molecule has 0 amide bonds. The minimum atomic E-state index is -0.789. The number of ether oxygens (including phenoxy) is 3. The maximum absolute atomic E-state index is 11.3. The summed E-state index contributed by atoms with van der Waals surface area (Å²) < 4.78 is 14.8. The molecule has 0 atom stereocenters. The first-order valence-corrected chi connectivity index (χ1v) is 5.75. The predicted octanol–water partition coefficient (Wildman–Crippen LogP) is 1.24. The van der Waals surface area contributed by atoms with E-state index in [1.807, 2.05) is 0 Å². The van der Waals surface area contributed by atoms with E-state index in [1.165, 1.54) is 20.8 Å². The largest absolute Gasteiger partial charge is 0.465 e. The van der Waals surface area contributed by atoms with Gasteiger partial charge in [0.05, 0.1) is 5.41 Å². The molecule has 0 fully saturated rings. The Morgan fingerprint density at radius 2 is 1.26 bits per heavy atom. The molecule has 0 N–H and O–H groups in total. The van der Waals surface area contributed by atoms with E-state index in [0.29, 0.717) is 0 Å². The Labute approximate surface area is 112 Å². The third-order valence-corrected chi connectivity index (χ3v) is 2.15. The zero-order valence-corrected chi connectivity index (χ0v) is 11.8. The first-order valence-electron chi connectivity index (χ1n) is 5.75. The van der Waals surface area contributed by atoms with Gasteiger partial charge in [-0.2, -0.15) is 0 Å². The second kappa shape index (κ2) is 7.56. The average molecular weight is 272 g/mol. The summed E-state index contributed by atoms with van der Waals surface area (Å²) in [5.41, 5.74) is -0.523. The first-order chi connectivity index (χ1) is 8.66. The fourth-order valence-corrected chi connectivity index (χ4v) is 1.04. The van der Waals surface area contributed by atoms with E-state index in [4.69, 9.17) is 14.2 Å². The Balaban J connectivity index is 4.54. The quantitative estimate of drug-likeness (QED) is 0.394. The van der Waals surface area contributed by atoms with Gasteiger partial charge in [0.2, 0.25) is 0 Å². The van der Waals surface area contributed by atoms with Crippen LogP contribution >= 0.6 is 0 Å². The fraction of sp³-hybridized carbons (Fsp3) is 0.615. The van der Waals surface area contributed by atoms with Crippen LogP contribution in [-0.2, 0) is 28.6 Å². The zero-order chi connectivity index (χ0) is 15.1. The summed E-state index contributed by atoms with van der Waals surface area (Å²) >= 11 is 0. The molecule has 0 aliphatic heterocycles. The van der Waals surface area contributed by atoms with Crippen molar-refractivity contribution in [2.45, 2.75) is 27.7 Å². The summed E-state index contributed by atoms with van der Waals surface area (Å²) in [6.07, 6.45) is 0. The maximum atomic E-state index is 11.3. The molecule has 0 spiro atoms. The summed E-state index contributed by atoms with van der Waals surface area (Å²) in [5.74, 6) is -1.46. The van der Waals surface area contributed by atoms with Gasteiger partial charge < -0.3 is 14.2 Å². The standard InChI is InChI=1S/C13H20O6/c1-9(2)12(16)19-8-13(5,6-17-10(3)14)7-18-11(4)15/h1,6-8H2,2-5H3. The van der Waals surface area contributed by atoms with E-state index in [2.05, 4.69) is 6.58 Å². The van der Waals surface area contributed by atoms with Crippen molar-refractivity contribution < 1.29 is 28.6 Å². The van der Waals surface area contributed by atoms with Gasteiger partial charge in [-0.25, -0.2) is 4.79 Å². The minimum absolute atomic E-state index is 0.0148. The molecule has 0 aliphatic carbocycles. The van der Waals surface area contributed by atoms with Gasteiger partial charge in [0, 0.05) is 19.4 Å². The van der Waals surface area contributed by atoms with Crippen molar-refractivity contribution in [3.05, 3.63) is 12.2 Å². The van der Waals surface area contributed by atoms with Crippen LogP contribution in [0.3, 0.4) is 0 Å². The first kappa shape index (κ1) is 17.2. The molecule has 6 heteroatoms. The number of carbonyl (C=O) groups excluding carboxylic acids is 3. The third-order valence-electron chi connectivity index (χ3n) is 2.15. The summed E-state index contributed by atoms with van der Waals surface area (Å²) in [4.78, 5) is 33.0. The Bertz CT molecular complexity index is 353. The highest BCUT2D eigenvalue weighted by atomic mass is 16.6. The lowest BCUT2D eigenvalue weighted by atomic mass is 9.94. The molecular weight excluding hydrogens is 252 g/mol. The third kappa shape index (κ3) is 7.96. The molecule has 6 nitrogen and oxygen atoms in total. The van der Waals surface area contributed by atoms with Crippen LogP contribution in [0.1, 0.15) is 27.7 Å². The fourth-order valence-electron chi connectivity index (χ4n) is 1.04. The number of esters is 3. The molecule has 0 radical (unpaired) electrons. The molecule has 0 aromatic heterocycles. The van der Waals surface area contributed by atoms with Crippen LogP contribution in [0.25, 0.3) is 0 Å². The molecule has 0 rings (SSSR count). The molecule has 0 aromatic carbocycles. The summed E-state index contributed by atoms with van der Waals surface area (Å²) in [5, 5.41) is 0. The molecular formula is C13H20O6. The van der Waals surface area contributed by atoms with Crippen LogP contribution in [0.2, 0.25) is 0 Å². The van der Waals surface area contributed by atoms with Crippen LogP contribution in [0.15, 0.2) is 12.2 Å². The second-order valence-electron chi connectivity index (χ2n) is 4.73. The molecule has 0 aromatic rings. The van der Waals surface area contributed by atoms with Crippen LogP contribution in [0.4, 0.5) is 0 Å². The lowest BCUT2D eigenvalue weighted by Crippen LogP contribution is -2.36. The highest BCUT2D eigenvalue weighted by molar-refractivity contribution is 5.86. The lowest BCUT2D eigenvalue weighted by Gasteiger charge is -2.27. The molecule has 0 saturated heterocycles. The van der Waals surface area contributed by atoms with Crippen molar-refractivity contribution in [1.82, 2.24) is 0 Å². The summed E-state index contributed by atoms with van der Waals surface area (Å²) in [6, 6.07) is 0. The van der Waals surface area contributed by atoms with Gasteiger partial charge in [-0.1, -0.05) is 6.58 Å². The van der Waals surface area contributed by atoms with E-state index in [0.717, 1.165) is 0 Å². The molecule has 0 bridgehead atoms. The Kier molecular flexibility index (Phi) is 6.82. The second-order valence-corrected chi connectivity index (χ2v) is 4.73. The van der Waals surface area contributed by atoms with Gasteiger partial charge in [0.15, 0.2) is 0 Å². The van der Waals surface area contributed by atoms with Crippen molar-refractivity contribution in [2.75, 3.05) is 19.8 Å².